The Balaban J connectivity index is 2.75. The van der Waals surface area contributed by atoms with Crippen molar-refractivity contribution in [1.82, 2.24) is 25.4 Å². The summed E-state index contributed by atoms with van der Waals surface area (Å²) < 4.78 is 0. The van der Waals surface area contributed by atoms with E-state index in [0.29, 0.717) is 30.2 Å². The molecule has 0 aliphatic heterocycles. The Morgan fingerprint density at radius 2 is 2.04 bits per heavy atom. The summed E-state index contributed by atoms with van der Waals surface area (Å²) in [7, 11) is 0. The zero-order valence-corrected chi connectivity index (χ0v) is 16.3. The minimum Gasteiger partial charge on any atom is -0.319 e. The van der Waals surface area contributed by atoms with Gasteiger partial charge in [0, 0.05) is 0 Å². The summed E-state index contributed by atoms with van der Waals surface area (Å²) in [4.78, 5) is 35.5. The Bertz CT molecular complexity index is 596. The van der Waals surface area contributed by atoms with E-state index in [4.69, 9.17) is 5.73 Å². The third-order valence-electron chi connectivity index (χ3n) is 4.63. The fraction of sp³-hybridized carbons (Fsp3) is 0.706. The number of hydrogen-bond acceptors (Lipinski definition) is 8. The Hall–Kier alpha value is -2.33. The Morgan fingerprint density at radius 3 is 2.63 bits per heavy atom. The van der Waals surface area contributed by atoms with Gasteiger partial charge in [0.25, 0.3) is 0 Å². The molecule has 1 rings (SSSR count). The highest BCUT2D eigenvalue weighted by molar-refractivity contribution is 5.80. The topological polar surface area (TPSA) is 146 Å². The third-order valence-corrected chi connectivity index (χ3v) is 4.63. The van der Waals surface area contributed by atoms with Gasteiger partial charge in [-0.25, -0.2) is 10.0 Å². The van der Waals surface area contributed by atoms with E-state index in [0.717, 1.165) is 19.3 Å². The molecule has 0 saturated carbocycles. The van der Waals surface area contributed by atoms with Crippen molar-refractivity contribution in [2.24, 2.45) is 11.7 Å². The van der Waals surface area contributed by atoms with E-state index in [1.165, 1.54) is 6.33 Å². The van der Waals surface area contributed by atoms with Gasteiger partial charge in [-0.15, -0.1) is 0 Å². The van der Waals surface area contributed by atoms with Crippen molar-refractivity contribution in [3.05, 3.63) is 12.2 Å². The lowest BCUT2D eigenvalue weighted by atomic mass is 9.93. The van der Waals surface area contributed by atoms with Gasteiger partial charge in [0.05, 0.1) is 18.0 Å². The van der Waals surface area contributed by atoms with E-state index in [1.807, 2.05) is 13.8 Å². The SMILES string of the molecule is CCCCC[C@H](CN(O)C=O)C(=O)NNc1ncnc(C(N)(CC)CC)n1. The van der Waals surface area contributed by atoms with E-state index < -0.39 is 11.5 Å². The minimum absolute atomic E-state index is 0.0826. The van der Waals surface area contributed by atoms with Gasteiger partial charge in [-0.1, -0.05) is 40.0 Å². The lowest BCUT2D eigenvalue weighted by Gasteiger charge is -2.24. The molecule has 10 nitrogen and oxygen atoms in total. The minimum atomic E-state index is -0.659. The summed E-state index contributed by atoms with van der Waals surface area (Å²) in [5.74, 6) is -0.297. The second kappa shape index (κ2) is 11.4. The molecule has 5 N–H and O–H groups in total. The number of rotatable bonds is 13. The average Bonchev–Trinajstić information content (AvgIpc) is 2.70. The number of anilines is 1. The number of nitrogens with zero attached hydrogens (tertiary/aromatic N) is 4. The van der Waals surface area contributed by atoms with Gasteiger partial charge < -0.3 is 5.73 Å². The van der Waals surface area contributed by atoms with Gasteiger partial charge in [-0.2, -0.15) is 9.97 Å². The van der Waals surface area contributed by atoms with Crippen LogP contribution in [-0.2, 0) is 15.1 Å². The number of nitrogens with one attached hydrogen (secondary N) is 2. The summed E-state index contributed by atoms with van der Waals surface area (Å²) in [6.45, 7) is 5.89. The predicted octanol–water partition coefficient (Wildman–Crippen LogP) is 1.33. The van der Waals surface area contributed by atoms with Crippen LogP contribution in [0.4, 0.5) is 5.95 Å². The smallest absolute Gasteiger partial charge is 0.245 e. The van der Waals surface area contributed by atoms with Crippen molar-refractivity contribution < 1.29 is 14.8 Å². The number of carbonyl (C=O) groups is 2. The van der Waals surface area contributed by atoms with Crippen molar-refractivity contribution in [2.75, 3.05) is 12.0 Å². The first-order valence-corrected chi connectivity index (χ1v) is 9.35. The number of hydrazine groups is 1. The van der Waals surface area contributed by atoms with E-state index in [9.17, 15) is 14.8 Å². The van der Waals surface area contributed by atoms with Crippen molar-refractivity contribution in [3.63, 3.8) is 0 Å². The first kappa shape index (κ1) is 22.7. The standard InChI is InChI=1S/C17H31N7O3/c1-4-7-8-9-13(10-24(27)12-25)14(26)22-23-16-20-11-19-15(21-16)17(18,5-2)6-3/h11-13,27H,4-10,18H2,1-3H3,(H,22,26)(H,19,20,21,23)/t13-/m1/s1. The largest absolute Gasteiger partial charge is 0.319 e. The van der Waals surface area contributed by atoms with Crippen LogP contribution in [-0.4, -0.2) is 44.1 Å². The average molecular weight is 381 g/mol. The van der Waals surface area contributed by atoms with Gasteiger partial charge in [0.15, 0.2) is 5.82 Å². The molecule has 0 bridgehead atoms. The number of aromatic nitrogens is 3. The van der Waals surface area contributed by atoms with Crippen molar-refractivity contribution in [1.29, 1.82) is 0 Å². The lowest BCUT2D eigenvalue weighted by molar-refractivity contribution is -0.154. The van der Waals surface area contributed by atoms with Gasteiger partial charge >= 0.3 is 0 Å². The van der Waals surface area contributed by atoms with Crippen LogP contribution in [0.2, 0.25) is 0 Å². The first-order chi connectivity index (χ1) is 12.9. The molecule has 0 unspecified atom stereocenters. The first-order valence-electron chi connectivity index (χ1n) is 9.35. The number of hydrogen-bond donors (Lipinski definition) is 4. The molecular weight excluding hydrogens is 350 g/mol. The quantitative estimate of drug-likeness (QED) is 0.173. The summed E-state index contributed by atoms with van der Waals surface area (Å²) in [5, 5.41) is 9.89. The summed E-state index contributed by atoms with van der Waals surface area (Å²) >= 11 is 0. The van der Waals surface area contributed by atoms with Crippen molar-refractivity contribution >= 4 is 18.3 Å². The Morgan fingerprint density at radius 1 is 1.33 bits per heavy atom. The number of unbranched alkanes of at least 4 members (excludes halogenated alkanes) is 2. The maximum absolute atomic E-state index is 12.4. The van der Waals surface area contributed by atoms with Gasteiger partial charge in [-0.3, -0.25) is 25.6 Å². The fourth-order valence-electron chi connectivity index (χ4n) is 2.60. The molecule has 1 aromatic heterocycles. The van der Waals surface area contributed by atoms with E-state index in [-0.39, 0.29) is 24.8 Å². The van der Waals surface area contributed by atoms with Gasteiger partial charge in [-0.05, 0) is 19.3 Å². The monoisotopic (exact) mass is 381 g/mol. The molecule has 0 spiro atoms. The zero-order chi connectivity index (χ0) is 20.3. The highest BCUT2D eigenvalue weighted by Gasteiger charge is 2.27. The van der Waals surface area contributed by atoms with E-state index in [1.54, 1.807) is 0 Å². The molecule has 0 aliphatic carbocycles. The molecule has 152 valence electrons. The van der Waals surface area contributed by atoms with Crippen LogP contribution >= 0.6 is 0 Å². The second-order valence-electron chi connectivity index (χ2n) is 6.53. The fourth-order valence-corrected chi connectivity index (χ4v) is 2.60. The predicted molar refractivity (Wildman–Crippen MR) is 100 cm³/mol. The lowest BCUT2D eigenvalue weighted by Crippen LogP contribution is -2.41. The molecule has 1 atom stereocenters. The molecule has 1 heterocycles. The van der Waals surface area contributed by atoms with Gasteiger partial charge in [0.1, 0.15) is 6.33 Å². The Labute approximate surface area is 159 Å². The zero-order valence-electron chi connectivity index (χ0n) is 16.3. The molecule has 27 heavy (non-hydrogen) atoms. The molecule has 0 fully saturated rings. The molecule has 0 saturated heterocycles. The number of amides is 2. The maximum Gasteiger partial charge on any atom is 0.245 e. The van der Waals surface area contributed by atoms with Crippen LogP contribution in [0.25, 0.3) is 0 Å². The number of hydroxylamine groups is 2. The molecule has 10 heteroatoms. The molecular formula is C17H31N7O3. The molecule has 0 aromatic carbocycles. The van der Waals surface area contributed by atoms with Crippen LogP contribution in [0.1, 0.15) is 65.1 Å². The maximum atomic E-state index is 12.4. The highest BCUT2D eigenvalue weighted by atomic mass is 16.5. The van der Waals surface area contributed by atoms with Crippen molar-refractivity contribution in [3.8, 4) is 0 Å². The second-order valence-corrected chi connectivity index (χ2v) is 6.53. The van der Waals surface area contributed by atoms with Crippen molar-refractivity contribution in [2.45, 2.75) is 64.8 Å². The normalized spacial score (nSPS) is 12.3. The van der Waals surface area contributed by atoms with Crippen LogP contribution in [0, 0.1) is 5.92 Å². The number of nitrogens with two attached hydrogens (primary N) is 1. The molecule has 0 aliphatic rings. The molecule has 1 aromatic rings. The third kappa shape index (κ3) is 7.06. The summed E-state index contributed by atoms with van der Waals surface area (Å²) in [6.07, 6.45) is 6.28. The summed E-state index contributed by atoms with van der Waals surface area (Å²) in [5.41, 5.74) is 10.8. The van der Waals surface area contributed by atoms with E-state index >= 15 is 0 Å². The van der Waals surface area contributed by atoms with Gasteiger partial charge in [0.2, 0.25) is 18.3 Å². The van der Waals surface area contributed by atoms with Crippen LogP contribution < -0.4 is 16.6 Å². The van der Waals surface area contributed by atoms with Crippen LogP contribution in [0.3, 0.4) is 0 Å². The van der Waals surface area contributed by atoms with Crippen LogP contribution in [0.5, 0.6) is 0 Å². The summed E-state index contributed by atoms with van der Waals surface area (Å²) in [6, 6.07) is 0. The molecule has 2 amide bonds. The highest BCUT2D eigenvalue weighted by Crippen LogP contribution is 2.22. The van der Waals surface area contributed by atoms with E-state index in [2.05, 4.69) is 32.7 Å². The molecule has 0 radical (unpaired) electrons. The van der Waals surface area contributed by atoms with Crippen LogP contribution in [0.15, 0.2) is 6.33 Å². The Kier molecular flexibility index (Phi) is 9.59. The number of carbonyl (C=O) groups excluding carboxylic acids is 2.